The Balaban J connectivity index is 2.44. The molecule has 0 bridgehead atoms. The standard InChI is InChI=1S/C5H8N2O2S/c1-6-4(8)3-2-10-5(9)7-3/h3H,2H2,1H3,(H,6,8)(H,7,9)/t3-/m1/s1. The molecule has 1 fully saturated rings. The van der Waals surface area contributed by atoms with E-state index in [0.29, 0.717) is 5.75 Å². The molecule has 1 aliphatic rings. The van der Waals surface area contributed by atoms with Gasteiger partial charge in [-0.3, -0.25) is 9.59 Å². The molecule has 5 heteroatoms. The average Bonchev–Trinajstić information content (AvgIpc) is 2.34. The van der Waals surface area contributed by atoms with Crippen LogP contribution in [0.25, 0.3) is 0 Å². The number of nitrogens with one attached hydrogen (secondary N) is 2. The van der Waals surface area contributed by atoms with Crippen LogP contribution in [0, 0.1) is 0 Å². The molecule has 1 saturated heterocycles. The third-order valence-electron chi connectivity index (χ3n) is 1.24. The summed E-state index contributed by atoms with van der Waals surface area (Å²) in [4.78, 5) is 21.4. The summed E-state index contributed by atoms with van der Waals surface area (Å²) in [7, 11) is 1.55. The number of hydrogen-bond donors (Lipinski definition) is 2. The third-order valence-corrected chi connectivity index (χ3v) is 2.12. The van der Waals surface area contributed by atoms with Gasteiger partial charge in [0.2, 0.25) is 5.91 Å². The van der Waals surface area contributed by atoms with E-state index in [4.69, 9.17) is 0 Å². The molecule has 1 heterocycles. The van der Waals surface area contributed by atoms with Crippen LogP contribution in [0.15, 0.2) is 0 Å². The Morgan fingerprint density at radius 1 is 1.90 bits per heavy atom. The quantitative estimate of drug-likeness (QED) is 0.546. The number of hydrogen-bond acceptors (Lipinski definition) is 3. The van der Waals surface area contributed by atoms with E-state index < -0.39 is 0 Å². The number of rotatable bonds is 1. The van der Waals surface area contributed by atoms with E-state index in [2.05, 4.69) is 10.6 Å². The zero-order valence-corrected chi connectivity index (χ0v) is 6.33. The molecule has 0 saturated carbocycles. The predicted molar refractivity (Wildman–Crippen MR) is 38.8 cm³/mol. The first-order valence-corrected chi connectivity index (χ1v) is 3.87. The van der Waals surface area contributed by atoms with E-state index in [9.17, 15) is 9.59 Å². The van der Waals surface area contributed by atoms with Crippen LogP contribution in [0.2, 0.25) is 0 Å². The highest BCUT2D eigenvalue weighted by atomic mass is 32.2. The Bertz CT molecular complexity index is 171. The van der Waals surface area contributed by atoms with Gasteiger partial charge in [0.05, 0.1) is 0 Å². The number of likely N-dealkylation sites (N-methyl/N-ethyl adjacent to an activating group) is 1. The SMILES string of the molecule is CNC(=O)[C@H]1CSC(=O)N1. The molecule has 2 N–H and O–H groups in total. The maximum atomic E-state index is 10.8. The van der Waals surface area contributed by atoms with Crippen molar-refractivity contribution >= 4 is 22.9 Å². The van der Waals surface area contributed by atoms with Gasteiger partial charge in [0.25, 0.3) is 5.24 Å². The molecule has 0 aromatic carbocycles. The zero-order valence-electron chi connectivity index (χ0n) is 5.51. The van der Waals surface area contributed by atoms with Crippen LogP contribution in [-0.4, -0.2) is 30.0 Å². The molecule has 10 heavy (non-hydrogen) atoms. The second-order valence-electron chi connectivity index (χ2n) is 1.91. The summed E-state index contributed by atoms with van der Waals surface area (Å²) in [5.41, 5.74) is 0. The zero-order chi connectivity index (χ0) is 7.56. The number of carbonyl (C=O) groups excluding carboxylic acids is 2. The Labute approximate surface area is 62.7 Å². The molecule has 1 rings (SSSR count). The first-order valence-electron chi connectivity index (χ1n) is 2.89. The average molecular weight is 160 g/mol. The summed E-state index contributed by atoms with van der Waals surface area (Å²) >= 11 is 1.14. The lowest BCUT2D eigenvalue weighted by molar-refractivity contribution is -0.121. The number of thioether (sulfide) groups is 1. The largest absolute Gasteiger partial charge is 0.357 e. The maximum Gasteiger partial charge on any atom is 0.279 e. The lowest BCUT2D eigenvalue weighted by Crippen LogP contribution is -2.41. The molecule has 0 aromatic rings. The summed E-state index contributed by atoms with van der Waals surface area (Å²) in [6, 6.07) is -0.331. The minimum Gasteiger partial charge on any atom is -0.357 e. The second kappa shape index (κ2) is 2.92. The molecule has 0 radical (unpaired) electrons. The van der Waals surface area contributed by atoms with E-state index in [1.165, 1.54) is 0 Å². The van der Waals surface area contributed by atoms with E-state index in [1.807, 2.05) is 0 Å². The summed E-state index contributed by atoms with van der Waals surface area (Å²) in [5, 5.41) is 4.86. The fourth-order valence-electron chi connectivity index (χ4n) is 0.700. The summed E-state index contributed by atoms with van der Waals surface area (Å²) in [5.74, 6) is 0.414. The summed E-state index contributed by atoms with van der Waals surface area (Å²) in [6.45, 7) is 0. The topological polar surface area (TPSA) is 58.2 Å². The van der Waals surface area contributed by atoms with Gasteiger partial charge in [-0.05, 0) is 0 Å². The Hall–Kier alpha value is -0.710. The minimum absolute atomic E-state index is 0.117. The normalized spacial score (nSPS) is 24.1. The lowest BCUT2D eigenvalue weighted by Gasteiger charge is -2.04. The lowest BCUT2D eigenvalue weighted by atomic mass is 10.3. The number of carbonyl (C=O) groups is 2. The van der Waals surface area contributed by atoms with Gasteiger partial charge in [-0.25, -0.2) is 0 Å². The van der Waals surface area contributed by atoms with E-state index in [-0.39, 0.29) is 17.2 Å². The predicted octanol–water partition coefficient (Wildman–Crippen LogP) is -0.443. The highest BCUT2D eigenvalue weighted by Gasteiger charge is 2.26. The first kappa shape index (κ1) is 7.40. The molecule has 2 amide bonds. The smallest absolute Gasteiger partial charge is 0.279 e. The van der Waals surface area contributed by atoms with Crippen molar-refractivity contribution in [1.29, 1.82) is 0 Å². The Kier molecular flexibility index (Phi) is 2.16. The van der Waals surface area contributed by atoms with Crippen molar-refractivity contribution in [1.82, 2.24) is 10.6 Å². The van der Waals surface area contributed by atoms with Gasteiger partial charge in [-0.2, -0.15) is 0 Å². The van der Waals surface area contributed by atoms with Crippen LogP contribution in [0.5, 0.6) is 0 Å². The highest BCUT2D eigenvalue weighted by Crippen LogP contribution is 2.12. The number of amides is 2. The molecule has 4 nitrogen and oxygen atoms in total. The van der Waals surface area contributed by atoms with Gasteiger partial charge in [-0.1, -0.05) is 11.8 Å². The van der Waals surface area contributed by atoms with Crippen molar-refractivity contribution < 1.29 is 9.59 Å². The van der Waals surface area contributed by atoms with Crippen molar-refractivity contribution in [2.45, 2.75) is 6.04 Å². The van der Waals surface area contributed by atoms with E-state index in [1.54, 1.807) is 7.05 Å². The van der Waals surface area contributed by atoms with Gasteiger partial charge >= 0.3 is 0 Å². The van der Waals surface area contributed by atoms with Gasteiger partial charge < -0.3 is 10.6 Å². The van der Waals surface area contributed by atoms with Gasteiger partial charge in [0.1, 0.15) is 6.04 Å². The Morgan fingerprint density at radius 2 is 2.60 bits per heavy atom. The minimum atomic E-state index is -0.331. The van der Waals surface area contributed by atoms with Crippen LogP contribution in [0.3, 0.4) is 0 Å². The van der Waals surface area contributed by atoms with Crippen LogP contribution in [-0.2, 0) is 4.79 Å². The van der Waals surface area contributed by atoms with Crippen molar-refractivity contribution in [3.05, 3.63) is 0 Å². The molecule has 0 unspecified atom stereocenters. The fourth-order valence-corrected chi connectivity index (χ4v) is 1.48. The van der Waals surface area contributed by atoms with Crippen molar-refractivity contribution in [3.8, 4) is 0 Å². The molecular weight excluding hydrogens is 152 g/mol. The maximum absolute atomic E-state index is 10.8. The van der Waals surface area contributed by atoms with E-state index in [0.717, 1.165) is 11.8 Å². The van der Waals surface area contributed by atoms with Crippen LogP contribution in [0.1, 0.15) is 0 Å². The molecule has 0 spiro atoms. The molecule has 0 aliphatic carbocycles. The van der Waals surface area contributed by atoms with Gasteiger partial charge in [0, 0.05) is 12.8 Å². The fraction of sp³-hybridized carbons (Fsp3) is 0.600. The van der Waals surface area contributed by atoms with Crippen molar-refractivity contribution in [3.63, 3.8) is 0 Å². The van der Waals surface area contributed by atoms with Crippen LogP contribution >= 0.6 is 11.8 Å². The molecule has 56 valence electrons. The van der Waals surface area contributed by atoms with E-state index >= 15 is 0 Å². The Morgan fingerprint density at radius 3 is 3.00 bits per heavy atom. The second-order valence-corrected chi connectivity index (χ2v) is 2.90. The monoisotopic (exact) mass is 160 g/mol. The molecule has 1 atom stereocenters. The molecular formula is C5H8N2O2S. The first-order chi connectivity index (χ1) is 4.74. The van der Waals surface area contributed by atoms with Gasteiger partial charge in [-0.15, -0.1) is 0 Å². The summed E-state index contributed by atoms with van der Waals surface area (Å²) in [6.07, 6.45) is 0. The van der Waals surface area contributed by atoms with Crippen LogP contribution in [0.4, 0.5) is 4.79 Å². The van der Waals surface area contributed by atoms with Crippen molar-refractivity contribution in [2.24, 2.45) is 0 Å². The van der Waals surface area contributed by atoms with Gasteiger partial charge in [0.15, 0.2) is 0 Å². The van der Waals surface area contributed by atoms with Crippen LogP contribution < -0.4 is 10.6 Å². The highest BCUT2D eigenvalue weighted by molar-refractivity contribution is 8.14. The summed E-state index contributed by atoms with van der Waals surface area (Å²) < 4.78 is 0. The van der Waals surface area contributed by atoms with Crippen molar-refractivity contribution in [2.75, 3.05) is 12.8 Å². The molecule has 1 aliphatic heterocycles. The molecule has 0 aromatic heterocycles. The third kappa shape index (κ3) is 1.41.